The standard InChI is InChI=1S/C15H15BrF3N7O/c1-3-25-6-9(4-20-25)7-26-8-10(5-21-26)22-14(27)12-11(16)13(15(17,18)19)23-24(12)2/h4-6,8H,3,7H2,1-2H3,(H,22,27). The lowest BCUT2D eigenvalue weighted by molar-refractivity contribution is -0.142. The van der Waals surface area contributed by atoms with Gasteiger partial charge in [0, 0.05) is 31.5 Å². The van der Waals surface area contributed by atoms with Crippen molar-refractivity contribution in [3.8, 4) is 0 Å². The zero-order valence-corrected chi connectivity index (χ0v) is 15.9. The van der Waals surface area contributed by atoms with Gasteiger partial charge in [-0.3, -0.25) is 18.8 Å². The van der Waals surface area contributed by atoms with Gasteiger partial charge in [-0.1, -0.05) is 0 Å². The largest absolute Gasteiger partial charge is 0.436 e. The Morgan fingerprint density at radius 1 is 1.22 bits per heavy atom. The van der Waals surface area contributed by atoms with E-state index in [2.05, 4.69) is 36.5 Å². The molecule has 1 amide bonds. The van der Waals surface area contributed by atoms with Gasteiger partial charge in [0.2, 0.25) is 0 Å². The number of hydrogen-bond donors (Lipinski definition) is 1. The Labute approximate surface area is 160 Å². The first-order valence-electron chi connectivity index (χ1n) is 7.84. The maximum atomic E-state index is 12.9. The summed E-state index contributed by atoms with van der Waals surface area (Å²) in [4.78, 5) is 12.4. The molecular formula is C15H15BrF3N7O. The predicted molar refractivity (Wildman–Crippen MR) is 93.1 cm³/mol. The molecular weight excluding hydrogens is 431 g/mol. The summed E-state index contributed by atoms with van der Waals surface area (Å²) >= 11 is 2.82. The van der Waals surface area contributed by atoms with Crippen molar-refractivity contribution >= 4 is 27.5 Å². The number of carbonyl (C=O) groups is 1. The third-order valence-corrected chi connectivity index (χ3v) is 4.47. The molecule has 0 unspecified atom stereocenters. The van der Waals surface area contributed by atoms with E-state index in [0.29, 0.717) is 12.2 Å². The van der Waals surface area contributed by atoms with Gasteiger partial charge < -0.3 is 5.32 Å². The average Bonchev–Trinajstić information content (AvgIpc) is 3.27. The lowest BCUT2D eigenvalue weighted by Gasteiger charge is -2.04. The number of carbonyl (C=O) groups excluding carboxylic acids is 1. The quantitative estimate of drug-likeness (QED) is 0.654. The molecule has 0 aliphatic carbocycles. The first-order valence-corrected chi connectivity index (χ1v) is 8.63. The minimum atomic E-state index is -4.66. The zero-order valence-electron chi connectivity index (χ0n) is 14.3. The van der Waals surface area contributed by atoms with Crippen molar-refractivity contribution in [1.29, 1.82) is 0 Å². The lowest BCUT2D eigenvalue weighted by Crippen LogP contribution is -2.16. The molecule has 27 heavy (non-hydrogen) atoms. The van der Waals surface area contributed by atoms with E-state index >= 15 is 0 Å². The summed E-state index contributed by atoms with van der Waals surface area (Å²) in [5, 5.41) is 14.2. The smallest absolute Gasteiger partial charge is 0.318 e. The van der Waals surface area contributed by atoms with Crippen LogP contribution in [0.25, 0.3) is 0 Å². The van der Waals surface area contributed by atoms with Gasteiger partial charge in [0.1, 0.15) is 5.69 Å². The van der Waals surface area contributed by atoms with Crippen molar-refractivity contribution in [2.75, 3.05) is 5.32 Å². The second kappa shape index (κ2) is 7.18. The van der Waals surface area contributed by atoms with E-state index in [1.807, 2.05) is 13.1 Å². The van der Waals surface area contributed by atoms with Crippen LogP contribution >= 0.6 is 15.9 Å². The molecule has 0 aromatic carbocycles. The van der Waals surface area contributed by atoms with E-state index in [-0.39, 0.29) is 5.69 Å². The van der Waals surface area contributed by atoms with Crippen molar-refractivity contribution in [2.24, 2.45) is 7.05 Å². The Balaban J connectivity index is 1.74. The number of nitrogens with zero attached hydrogens (tertiary/aromatic N) is 6. The van der Waals surface area contributed by atoms with E-state index in [4.69, 9.17) is 0 Å². The fourth-order valence-corrected chi connectivity index (χ4v) is 3.22. The van der Waals surface area contributed by atoms with Gasteiger partial charge in [0.05, 0.1) is 29.1 Å². The van der Waals surface area contributed by atoms with Crippen LogP contribution in [0, 0.1) is 0 Å². The van der Waals surface area contributed by atoms with Crippen LogP contribution in [0.5, 0.6) is 0 Å². The molecule has 1 N–H and O–H groups in total. The van der Waals surface area contributed by atoms with Crippen LogP contribution in [-0.4, -0.2) is 35.2 Å². The third-order valence-electron chi connectivity index (χ3n) is 3.72. The maximum absolute atomic E-state index is 12.9. The second-order valence-electron chi connectivity index (χ2n) is 5.72. The number of hydrogen-bond acceptors (Lipinski definition) is 4. The number of rotatable bonds is 5. The Morgan fingerprint density at radius 3 is 2.52 bits per heavy atom. The number of aryl methyl sites for hydroxylation is 2. The highest BCUT2D eigenvalue weighted by atomic mass is 79.9. The first-order chi connectivity index (χ1) is 12.7. The topological polar surface area (TPSA) is 82.6 Å². The van der Waals surface area contributed by atoms with Gasteiger partial charge in [-0.05, 0) is 22.9 Å². The van der Waals surface area contributed by atoms with E-state index in [0.717, 1.165) is 16.8 Å². The average molecular weight is 446 g/mol. The van der Waals surface area contributed by atoms with Crippen LogP contribution in [-0.2, 0) is 26.3 Å². The molecule has 8 nitrogen and oxygen atoms in total. The summed E-state index contributed by atoms with van der Waals surface area (Å²) in [5.74, 6) is -0.731. The number of aromatic nitrogens is 6. The zero-order chi connectivity index (χ0) is 19.8. The molecule has 0 aliphatic rings. The summed E-state index contributed by atoms with van der Waals surface area (Å²) in [7, 11) is 1.27. The molecule has 0 bridgehead atoms. The molecule has 0 aliphatic heterocycles. The van der Waals surface area contributed by atoms with E-state index in [1.54, 1.807) is 21.8 Å². The minimum absolute atomic E-state index is 0.237. The molecule has 0 fully saturated rings. The second-order valence-corrected chi connectivity index (χ2v) is 6.51. The van der Waals surface area contributed by atoms with Gasteiger partial charge in [-0.25, -0.2) is 0 Å². The van der Waals surface area contributed by atoms with Gasteiger partial charge in [0.25, 0.3) is 5.91 Å². The summed E-state index contributed by atoms with van der Waals surface area (Å²) in [5.41, 5.74) is -0.107. The fourth-order valence-electron chi connectivity index (χ4n) is 2.48. The van der Waals surface area contributed by atoms with E-state index < -0.39 is 22.3 Å². The normalized spacial score (nSPS) is 11.8. The summed E-state index contributed by atoms with van der Waals surface area (Å²) < 4.78 is 42.6. The third kappa shape index (κ3) is 4.04. The van der Waals surface area contributed by atoms with Crippen molar-refractivity contribution in [1.82, 2.24) is 29.3 Å². The van der Waals surface area contributed by atoms with Gasteiger partial charge in [0.15, 0.2) is 5.69 Å². The van der Waals surface area contributed by atoms with Gasteiger partial charge in [-0.15, -0.1) is 0 Å². The molecule has 0 saturated heterocycles. The highest BCUT2D eigenvalue weighted by Crippen LogP contribution is 2.35. The Bertz CT molecular complexity index is 973. The Hall–Kier alpha value is -2.63. The Morgan fingerprint density at radius 2 is 1.93 bits per heavy atom. The predicted octanol–water partition coefficient (Wildman–Crippen LogP) is 2.91. The van der Waals surface area contributed by atoms with E-state index in [1.165, 1.54) is 13.2 Å². The monoisotopic (exact) mass is 445 g/mol. The lowest BCUT2D eigenvalue weighted by atomic mass is 10.3. The molecule has 144 valence electrons. The summed E-state index contributed by atoms with van der Waals surface area (Å²) in [6.07, 6.45) is 1.93. The van der Waals surface area contributed by atoms with Crippen molar-refractivity contribution in [3.05, 3.63) is 46.2 Å². The van der Waals surface area contributed by atoms with Crippen LogP contribution in [0.15, 0.2) is 29.3 Å². The van der Waals surface area contributed by atoms with Gasteiger partial charge in [-0.2, -0.15) is 28.5 Å². The number of amides is 1. The molecule has 0 radical (unpaired) electrons. The molecule has 0 spiro atoms. The summed E-state index contributed by atoms with van der Waals surface area (Å²) in [6.45, 7) is 3.17. The molecule has 3 heterocycles. The molecule has 0 atom stereocenters. The van der Waals surface area contributed by atoms with Crippen molar-refractivity contribution in [2.45, 2.75) is 26.2 Å². The van der Waals surface area contributed by atoms with Crippen LogP contribution in [0.1, 0.15) is 28.7 Å². The van der Waals surface area contributed by atoms with Crippen LogP contribution in [0.2, 0.25) is 0 Å². The van der Waals surface area contributed by atoms with Crippen LogP contribution in [0.4, 0.5) is 18.9 Å². The highest BCUT2D eigenvalue weighted by molar-refractivity contribution is 9.10. The SMILES string of the molecule is CCn1cc(Cn2cc(NC(=O)c3c(Br)c(C(F)(F)F)nn3C)cn2)cn1. The maximum Gasteiger partial charge on any atom is 0.436 e. The van der Waals surface area contributed by atoms with Crippen molar-refractivity contribution < 1.29 is 18.0 Å². The van der Waals surface area contributed by atoms with Gasteiger partial charge >= 0.3 is 6.18 Å². The molecule has 3 aromatic rings. The van der Waals surface area contributed by atoms with Crippen molar-refractivity contribution in [3.63, 3.8) is 0 Å². The molecule has 0 saturated carbocycles. The minimum Gasteiger partial charge on any atom is -0.318 e. The number of anilines is 1. The fraction of sp³-hybridized carbons (Fsp3) is 0.333. The Kier molecular flexibility index (Phi) is 5.09. The number of alkyl halides is 3. The first kappa shape index (κ1) is 19.1. The molecule has 3 rings (SSSR count). The van der Waals surface area contributed by atoms with E-state index in [9.17, 15) is 18.0 Å². The van der Waals surface area contributed by atoms with Crippen LogP contribution in [0.3, 0.4) is 0 Å². The molecule has 12 heteroatoms. The number of halogens is 4. The molecule has 3 aromatic heterocycles. The van der Waals surface area contributed by atoms with Crippen LogP contribution < -0.4 is 5.32 Å². The summed E-state index contributed by atoms with van der Waals surface area (Å²) in [6, 6.07) is 0. The number of nitrogens with one attached hydrogen (secondary N) is 1. The highest BCUT2D eigenvalue weighted by Gasteiger charge is 2.39.